The number of carbonyl (C=O) groups is 1. The summed E-state index contributed by atoms with van der Waals surface area (Å²) in [5.74, 6) is 0.862. The molecule has 0 spiro atoms. The summed E-state index contributed by atoms with van der Waals surface area (Å²) in [6.45, 7) is 5.76. The fourth-order valence-electron chi connectivity index (χ4n) is 5.34. The molecule has 37 heavy (non-hydrogen) atoms. The van der Waals surface area contributed by atoms with E-state index in [0.29, 0.717) is 18.7 Å². The van der Waals surface area contributed by atoms with Crippen LogP contribution in [0, 0.1) is 13.8 Å². The van der Waals surface area contributed by atoms with Crippen LogP contribution in [0.1, 0.15) is 75.1 Å². The van der Waals surface area contributed by atoms with E-state index >= 15 is 0 Å². The molecule has 3 heterocycles. The van der Waals surface area contributed by atoms with Gasteiger partial charge in [0.2, 0.25) is 0 Å². The second-order valence-electron chi connectivity index (χ2n) is 9.84. The maximum atomic E-state index is 12.9. The molecular weight excluding hydrogens is 460 g/mol. The fraction of sp³-hybridized carbons (Fsp3) is 0.333. The summed E-state index contributed by atoms with van der Waals surface area (Å²) in [7, 11) is 0. The molecule has 7 heteroatoms. The van der Waals surface area contributed by atoms with Gasteiger partial charge in [-0.2, -0.15) is 0 Å². The van der Waals surface area contributed by atoms with Gasteiger partial charge in [-0.25, -0.2) is 4.98 Å². The zero-order valence-corrected chi connectivity index (χ0v) is 21.6. The van der Waals surface area contributed by atoms with Crippen molar-refractivity contribution in [1.82, 2.24) is 30.2 Å². The van der Waals surface area contributed by atoms with E-state index in [1.165, 1.54) is 29.7 Å². The van der Waals surface area contributed by atoms with Crippen molar-refractivity contribution >= 4 is 5.91 Å². The van der Waals surface area contributed by atoms with Crippen LogP contribution in [0.4, 0.5) is 0 Å². The standard InChI is InChI=1S/C30H34N6O/c1-21-12-14-31-22(2)28(21)30(37)35-18-23-7-5-8-24(17-23)19-36(20-27-32-15-16-33-27)26-11-4-3-9-25-10-6-13-34-29(25)26/h5-8,10,12-17,26H,3-4,9,11,18-20H2,1-2H3,(H,32,33)(H,35,37). The van der Waals surface area contributed by atoms with E-state index in [9.17, 15) is 4.79 Å². The van der Waals surface area contributed by atoms with Crippen LogP contribution in [-0.4, -0.2) is 30.7 Å². The van der Waals surface area contributed by atoms with Crippen LogP contribution in [0.5, 0.6) is 0 Å². The quantitative estimate of drug-likeness (QED) is 0.328. The van der Waals surface area contributed by atoms with Gasteiger partial charge in [-0.1, -0.05) is 36.8 Å². The number of pyridine rings is 2. The van der Waals surface area contributed by atoms with Gasteiger partial charge in [-0.3, -0.25) is 19.7 Å². The van der Waals surface area contributed by atoms with E-state index in [2.05, 4.69) is 55.5 Å². The van der Waals surface area contributed by atoms with Gasteiger partial charge >= 0.3 is 0 Å². The molecule has 1 aliphatic carbocycles. The Bertz CT molecular complexity index is 1330. The molecular formula is C30H34N6O. The van der Waals surface area contributed by atoms with Crippen LogP contribution in [0.2, 0.25) is 0 Å². The Hall–Kier alpha value is -3.84. The number of hydrogen-bond acceptors (Lipinski definition) is 5. The number of nitrogens with one attached hydrogen (secondary N) is 2. The number of hydrogen-bond donors (Lipinski definition) is 2. The van der Waals surface area contributed by atoms with E-state index in [-0.39, 0.29) is 11.9 Å². The highest BCUT2D eigenvalue weighted by Crippen LogP contribution is 2.33. The summed E-state index contributed by atoms with van der Waals surface area (Å²) in [4.78, 5) is 32.3. The molecule has 0 saturated heterocycles. The molecule has 5 rings (SSSR count). The molecule has 3 aromatic heterocycles. The average Bonchev–Trinajstić information content (AvgIpc) is 3.31. The molecule has 0 saturated carbocycles. The van der Waals surface area contributed by atoms with E-state index in [4.69, 9.17) is 4.98 Å². The third-order valence-electron chi connectivity index (χ3n) is 7.17. The first-order chi connectivity index (χ1) is 18.1. The topological polar surface area (TPSA) is 86.8 Å². The predicted octanol–water partition coefficient (Wildman–Crippen LogP) is 5.22. The molecule has 0 bridgehead atoms. The number of aromatic amines is 1. The molecule has 1 amide bonds. The van der Waals surface area contributed by atoms with E-state index in [1.54, 1.807) is 6.20 Å². The molecule has 4 aromatic rings. The summed E-state index contributed by atoms with van der Waals surface area (Å²) in [5.41, 5.74) is 7.16. The Kier molecular flexibility index (Phi) is 7.70. The van der Waals surface area contributed by atoms with Crippen molar-refractivity contribution in [2.24, 2.45) is 0 Å². The van der Waals surface area contributed by atoms with Crippen molar-refractivity contribution < 1.29 is 4.79 Å². The normalized spacial score (nSPS) is 15.3. The summed E-state index contributed by atoms with van der Waals surface area (Å²) in [6.07, 6.45) is 11.9. The van der Waals surface area contributed by atoms with Crippen LogP contribution in [0.25, 0.3) is 0 Å². The zero-order chi connectivity index (χ0) is 25.6. The third-order valence-corrected chi connectivity index (χ3v) is 7.17. The number of H-pyrrole nitrogens is 1. The highest BCUT2D eigenvalue weighted by atomic mass is 16.1. The lowest BCUT2D eigenvalue weighted by atomic mass is 10.0. The number of carbonyl (C=O) groups excluding carboxylic acids is 1. The van der Waals surface area contributed by atoms with Crippen molar-refractivity contribution in [3.63, 3.8) is 0 Å². The number of aromatic nitrogens is 4. The van der Waals surface area contributed by atoms with Crippen LogP contribution in [0.3, 0.4) is 0 Å². The number of fused-ring (bicyclic) bond motifs is 1. The second kappa shape index (κ2) is 11.5. The lowest BCUT2D eigenvalue weighted by Gasteiger charge is -2.31. The lowest BCUT2D eigenvalue weighted by molar-refractivity contribution is 0.0949. The first-order valence-corrected chi connectivity index (χ1v) is 13.0. The monoisotopic (exact) mass is 494 g/mol. The van der Waals surface area contributed by atoms with Crippen molar-refractivity contribution in [2.45, 2.75) is 65.2 Å². The first kappa shape index (κ1) is 24.8. The number of amides is 1. The van der Waals surface area contributed by atoms with E-state index in [0.717, 1.165) is 42.0 Å². The van der Waals surface area contributed by atoms with Crippen molar-refractivity contribution in [1.29, 1.82) is 0 Å². The van der Waals surface area contributed by atoms with Gasteiger partial charge < -0.3 is 10.3 Å². The molecule has 2 N–H and O–H groups in total. The van der Waals surface area contributed by atoms with Gasteiger partial charge in [0, 0.05) is 37.9 Å². The number of benzene rings is 1. The summed E-state index contributed by atoms with van der Waals surface area (Å²) < 4.78 is 0. The van der Waals surface area contributed by atoms with E-state index < -0.39 is 0 Å². The highest BCUT2D eigenvalue weighted by Gasteiger charge is 2.27. The number of aryl methyl sites for hydroxylation is 3. The minimum Gasteiger partial charge on any atom is -0.348 e. The highest BCUT2D eigenvalue weighted by molar-refractivity contribution is 5.96. The summed E-state index contributed by atoms with van der Waals surface area (Å²) >= 11 is 0. The Morgan fingerprint density at radius 3 is 2.73 bits per heavy atom. The molecule has 1 aromatic carbocycles. The smallest absolute Gasteiger partial charge is 0.253 e. The Morgan fingerprint density at radius 1 is 1.00 bits per heavy atom. The number of nitrogens with zero attached hydrogens (tertiary/aromatic N) is 4. The molecule has 1 unspecified atom stereocenters. The lowest BCUT2D eigenvalue weighted by Crippen LogP contribution is -2.29. The molecule has 1 atom stereocenters. The minimum absolute atomic E-state index is 0.0888. The van der Waals surface area contributed by atoms with Crippen LogP contribution in [-0.2, 0) is 26.1 Å². The first-order valence-electron chi connectivity index (χ1n) is 13.0. The fourth-order valence-corrected chi connectivity index (χ4v) is 5.34. The average molecular weight is 495 g/mol. The molecule has 0 radical (unpaired) electrons. The Morgan fingerprint density at radius 2 is 1.89 bits per heavy atom. The molecule has 190 valence electrons. The van der Waals surface area contributed by atoms with Crippen molar-refractivity contribution in [2.75, 3.05) is 0 Å². The zero-order valence-electron chi connectivity index (χ0n) is 21.6. The van der Waals surface area contributed by atoms with Crippen LogP contribution < -0.4 is 5.32 Å². The SMILES string of the molecule is Cc1ccnc(C)c1C(=O)NCc1cccc(CN(Cc2ncc[nH]2)C2CCCCc3cccnc32)c1. The van der Waals surface area contributed by atoms with Crippen LogP contribution >= 0.6 is 0 Å². The van der Waals surface area contributed by atoms with Gasteiger partial charge in [0.15, 0.2) is 0 Å². The summed E-state index contributed by atoms with van der Waals surface area (Å²) in [6, 6.07) is 14.8. The number of rotatable bonds is 8. The molecule has 0 aliphatic heterocycles. The van der Waals surface area contributed by atoms with E-state index in [1.807, 2.05) is 44.6 Å². The third kappa shape index (κ3) is 5.94. The van der Waals surface area contributed by atoms with Gasteiger partial charge in [-0.15, -0.1) is 0 Å². The summed E-state index contributed by atoms with van der Waals surface area (Å²) in [5, 5.41) is 3.08. The van der Waals surface area contributed by atoms with Crippen LogP contribution in [0.15, 0.2) is 67.3 Å². The van der Waals surface area contributed by atoms with Gasteiger partial charge in [0.25, 0.3) is 5.91 Å². The maximum absolute atomic E-state index is 12.9. The second-order valence-corrected chi connectivity index (χ2v) is 9.84. The Labute approximate surface area is 218 Å². The van der Waals surface area contributed by atoms with Gasteiger partial charge in [0.05, 0.1) is 29.5 Å². The van der Waals surface area contributed by atoms with Gasteiger partial charge in [0.1, 0.15) is 5.82 Å². The predicted molar refractivity (Wildman–Crippen MR) is 144 cm³/mol. The molecule has 1 aliphatic rings. The molecule has 7 nitrogen and oxygen atoms in total. The van der Waals surface area contributed by atoms with Gasteiger partial charge in [-0.05, 0) is 67.5 Å². The Balaban J connectivity index is 1.35. The molecule has 0 fully saturated rings. The largest absolute Gasteiger partial charge is 0.348 e. The minimum atomic E-state index is -0.0888. The van der Waals surface area contributed by atoms with Crippen molar-refractivity contribution in [3.05, 3.63) is 112 Å². The maximum Gasteiger partial charge on any atom is 0.253 e. The van der Waals surface area contributed by atoms with Crippen molar-refractivity contribution in [3.8, 4) is 0 Å². The number of imidazole rings is 1.